The van der Waals surface area contributed by atoms with Gasteiger partial charge >= 0.3 is 23.9 Å². The molecule has 12 heteroatoms. The average Bonchev–Trinajstić information content (AvgIpc) is 2.94. The van der Waals surface area contributed by atoms with Crippen molar-refractivity contribution in [3.8, 4) is 16.9 Å². The quantitative estimate of drug-likeness (QED) is 0.309. The first-order chi connectivity index (χ1) is 20.7. The second-order valence-electron chi connectivity index (χ2n) is 10.8. The van der Waals surface area contributed by atoms with Crippen molar-refractivity contribution in [2.45, 2.75) is 85.3 Å². The first-order valence-electron chi connectivity index (χ1n) is 14.2. The normalized spacial score (nSPS) is 21.9. The fraction of sp³-hybridized carbons (Fsp3) is 0.469. The molecule has 238 valence electrons. The maximum Gasteiger partial charge on any atom is 0.303 e. The van der Waals surface area contributed by atoms with E-state index >= 15 is 0 Å². The highest BCUT2D eigenvalue weighted by atomic mass is 16.7. The summed E-state index contributed by atoms with van der Waals surface area (Å²) in [5.74, 6) is -3.00. The number of benzene rings is 2. The third-order valence-corrected chi connectivity index (χ3v) is 6.82. The number of aryl methyl sites for hydroxylation is 1. The van der Waals surface area contributed by atoms with Crippen LogP contribution in [0.5, 0.6) is 5.75 Å². The van der Waals surface area contributed by atoms with Gasteiger partial charge in [-0.25, -0.2) is 0 Å². The van der Waals surface area contributed by atoms with Gasteiger partial charge in [-0.1, -0.05) is 32.0 Å². The van der Waals surface area contributed by atoms with Crippen molar-refractivity contribution in [1.82, 2.24) is 5.32 Å². The number of carbonyl (C=O) groups excluding carboxylic acids is 5. The van der Waals surface area contributed by atoms with Crippen LogP contribution in [-0.4, -0.2) is 73.6 Å². The van der Waals surface area contributed by atoms with Crippen LogP contribution in [0.2, 0.25) is 0 Å². The van der Waals surface area contributed by atoms with E-state index in [0.29, 0.717) is 16.9 Å². The summed E-state index contributed by atoms with van der Waals surface area (Å²) >= 11 is 0. The van der Waals surface area contributed by atoms with Crippen LogP contribution in [0.3, 0.4) is 0 Å². The van der Waals surface area contributed by atoms with Crippen LogP contribution < -0.4 is 10.1 Å². The molecule has 1 N–H and O–H groups in total. The number of ether oxygens (including phenoxy) is 6. The molecule has 1 aliphatic rings. The monoisotopic (exact) mass is 613 g/mol. The molecule has 0 aliphatic carbocycles. The van der Waals surface area contributed by atoms with Crippen LogP contribution in [0.15, 0.2) is 42.5 Å². The summed E-state index contributed by atoms with van der Waals surface area (Å²) in [6.45, 7) is 10.1. The molecule has 1 fully saturated rings. The average molecular weight is 614 g/mol. The number of hydrogen-bond acceptors (Lipinski definition) is 11. The van der Waals surface area contributed by atoms with Crippen LogP contribution in [-0.2, 0) is 42.9 Å². The summed E-state index contributed by atoms with van der Waals surface area (Å²) in [7, 11) is 1.56. The lowest BCUT2D eigenvalue weighted by Crippen LogP contribution is -2.66. The van der Waals surface area contributed by atoms with E-state index in [-0.39, 0.29) is 11.8 Å². The fourth-order valence-electron chi connectivity index (χ4n) is 5.01. The maximum absolute atomic E-state index is 12.2. The molecule has 0 bridgehead atoms. The number of hydrogen-bond donors (Lipinski definition) is 1. The molecular weight excluding hydrogens is 574 g/mol. The molecule has 0 aromatic heterocycles. The second-order valence-corrected chi connectivity index (χ2v) is 10.8. The predicted molar refractivity (Wildman–Crippen MR) is 156 cm³/mol. The highest BCUT2D eigenvalue weighted by Gasteiger charge is 2.56. The van der Waals surface area contributed by atoms with Crippen LogP contribution in [0.4, 0.5) is 0 Å². The molecule has 1 amide bonds. The van der Waals surface area contributed by atoms with E-state index in [0.717, 1.165) is 31.9 Å². The summed E-state index contributed by atoms with van der Waals surface area (Å²) in [5, 5.41) is 2.61. The van der Waals surface area contributed by atoms with Gasteiger partial charge < -0.3 is 33.7 Å². The summed E-state index contributed by atoms with van der Waals surface area (Å²) < 4.78 is 34.8. The van der Waals surface area contributed by atoms with Crippen molar-refractivity contribution in [1.29, 1.82) is 0 Å². The highest BCUT2D eigenvalue weighted by Crippen LogP contribution is 2.36. The largest absolute Gasteiger partial charge is 0.460 e. The minimum absolute atomic E-state index is 0.216. The van der Waals surface area contributed by atoms with Crippen molar-refractivity contribution in [3.05, 3.63) is 53.6 Å². The summed E-state index contributed by atoms with van der Waals surface area (Å²) in [6.07, 6.45) is -7.56. The van der Waals surface area contributed by atoms with Crippen LogP contribution >= 0.6 is 0 Å². The van der Waals surface area contributed by atoms with Gasteiger partial charge in [0.1, 0.15) is 18.0 Å². The van der Waals surface area contributed by atoms with E-state index < -0.39 is 60.7 Å². The Labute approximate surface area is 256 Å². The molecule has 2 aromatic carbocycles. The SMILES string of the molecule is CNC(=O)c1cccc(-c2ccc(O[C@H]3O[C@H]([C@@H](OC(C)=O)C(C)C)[C@@H](OC(C)=O)[C@H](OC(C)=O)[C@@H]3OC(C)=O)c(C)c2)c1. The Morgan fingerprint density at radius 2 is 1.36 bits per heavy atom. The molecule has 12 nitrogen and oxygen atoms in total. The van der Waals surface area contributed by atoms with Crippen molar-refractivity contribution in [2.24, 2.45) is 5.92 Å². The molecule has 0 unspecified atom stereocenters. The van der Waals surface area contributed by atoms with E-state index in [1.165, 1.54) is 6.92 Å². The molecule has 0 spiro atoms. The van der Waals surface area contributed by atoms with Gasteiger partial charge in [-0.05, 0) is 53.8 Å². The number of rotatable bonds is 10. The number of nitrogens with one attached hydrogen (secondary N) is 1. The summed E-state index contributed by atoms with van der Waals surface area (Å²) in [4.78, 5) is 60.8. The standard InChI is InChI=1S/C32H39NO11/c1-16(2)26(39-18(4)34)27-28(40-19(5)35)29(41-20(6)36)30(42-21(7)37)32(44-27)43-25-13-12-23(14-17(25)3)22-10-9-11-24(15-22)31(38)33-8/h9-16,26-30,32H,1-8H3,(H,33,38)/t26-,27+,28+,29-,30-,32-/m0/s1. The van der Waals surface area contributed by atoms with Gasteiger partial charge in [0.05, 0.1) is 0 Å². The van der Waals surface area contributed by atoms with Crippen LogP contribution in [0.25, 0.3) is 11.1 Å². The first kappa shape index (κ1) is 34.0. The van der Waals surface area contributed by atoms with E-state index in [1.807, 2.05) is 12.1 Å². The van der Waals surface area contributed by atoms with Crippen molar-refractivity contribution < 1.29 is 52.4 Å². The molecule has 1 heterocycles. The van der Waals surface area contributed by atoms with Gasteiger partial charge in [-0.2, -0.15) is 0 Å². The van der Waals surface area contributed by atoms with E-state index in [2.05, 4.69) is 5.32 Å². The third kappa shape index (κ3) is 8.56. The molecule has 1 saturated heterocycles. The van der Waals surface area contributed by atoms with Gasteiger partial charge in [0.15, 0.2) is 12.2 Å². The Kier molecular flexibility index (Phi) is 11.5. The summed E-state index contributed by atoms with van der Waals surface area (Å²) in [5.41, 5.74) is 2.77. The van der Waals surface area contributed by atoms with Crippen molar-refractivity contribution >= 4 is 29.8 Å². The van der Waals surface area contributed by atoms with Gasteiger partial charge in [-0.3, -0.25) is 24.0 Å². The third-order valence-electron chi connectivity index (χ3n) is 6.82. The highest BCUT2D eigenvalue weighted by molar-refractivity contribution is 5.95. The fourth-order valence-corrected chi connectivity index (χ4v) is 5.01. The van der Waals surface area contributed by atoms with E-state index in [1.54, 1.807) is 58.2 Å². The van der Waals surface area contributed by atoms with E-state index in [4.69, 9.17) is 28.4 Å². The molecule has 0 radical (unpaired) electrons. The molecule has 44 heavy (non-hydrogen) atoms. The number of carbonyl (C=O) groups is 5. The maximum atomic E-state index is 12.2. The molecule has 1 aliphatic heterocycles. The zero-order valence-electron chi connectivity index (χ0n) is 26.1. The Bertz CT molecular complexity index is 1390. The number of amides is 1. The predicted octanol–water partition coefficient (Wildman–Crippen LogP) is 3.51. The smallest absolute Gasteiger partial charge is 0.303 e. The van der Waals surface area contributed by atoms with Gasteiger partial charge in [0.25, 0.3) is 5.91 Å². The zero-order valence-corrected chi connectivity index (χ0v) is 26.1. The molecule has 3 rings (SSSR count). The van der Waals surface area contributed by atoms with Gasteiger partial charge in [0, 0.05) is 40.3 Å². The minimum Gasteiger partial charge on any atom is -0.460 e. The molecular formula is C32H39NO11. The topological polar surface area (TPSA) is 153 Å². The Hall–Kier alpha value is -4.45. The lowest BCUT2D eigenvalue weighted by Gasteiger charge is -2.46. The van der Waals surface area contributed by atoms with Crippen molar-refractivity contribution in [2.75, 3.05) is 7.05 Å². The van der Waals surface area contributed by atoms with Crippen LogP contribution in [0, 0.1) is 12.8 Å². The number of esters is 4. The van der Waals surface area contributed by atoms with Crippen molar-refractivity contribution in [3.63, 3.8) is 0 Å². The van der Waals surface area contributed by atoms with E-state index in [9.17, 15) is 24.0 Å². The van der Waals surface area contributed by atoms with Crippen LogP contribution in [0.1, 0.15) is 57.5 Å². The lowest BCUT2D eigenvalue weighted by molar-refractivity contribution is -0.300. The molecule has 6 atom stereocenters. The van der Waals surface area contributed by atoms with Gasteiger partial charge in [0.2, 0.25) is 12.4 Å². The zero-order chi connectivity index (χ0) is 32.7. The summed E-state index contributed by atoms with van der Waals surface area (Å²) in [6, 6.07) is 12.4. The second kappa shape index (κ2) is 14.8. The Morgan fingerprint density at radius 1 is 0.773 bits per heavy atom. The van der Waals surface area contributed by atoms with Gasteiger partial charge in [-0.15, -0.1) is 0 Å². The lowest BCUT2D eigenvalue weighted by atomic mass is 9.89. The molecule has 2 aromatic rings. The molecule has 0 saturated carbocycles. The Morgan fingerprint density at radius 3 is 1.91 bits per heavy atom. The minimum atomic E-state index is -1.38. The Balaban J connectivity index is 2.07. The first-order valence-corrected chi connectivity index (χ1v) is 14.2.